The highest BCUT2D eigenvalue weighted by atomic mass is 16.2. The molecule has 122 valence electrons. The smallest absolute Gasteiger partial charge is 0.253 e. The zero-order valence-corrected chi connectivity index (χ0v) is 13.7. The number of piperazine rings is 1. The molecule has 0 unspecified atom stereocenters. The van der Waals surface area contributed by atoms with Crippen LogP contribution >= 0.6 is 0 Å². The molecule has 23 heavy (non-hydrogen) atoms. The molecular weight excluding hydrogens is 288 g/mol. The Morgan fingerprint density at radius 2 is 1.87 bits per heavy atom. The van der Waals surface area contributed by atoms with Crippen molar-refractivity contribution in [3.63, 3.8) is 0 Å². The van der Waals surface area contributed by atoms with Crippen molar-refractivity contribution in [1.29, 1.82) is 0 Å². The Morgan fingerprint density at radius 3 is 2.48 bits per heavy atom. The average Bonchev–Trinajstić information content (AvgIpc) is 3.09. The predicted octanol–water partition coefficient (Wildman–Crippen LogP) is 2.10. The zero-order valence-electron chi connectivity index (χ0n) is 13.7. The summed E-state index contributed by atoms with van der Waals surface area (Å²) < 4.78 is 1.88. The van der Waals surface area contributed by atoms with Crippen molar-refractivity contribution in [3.05, 3.63) is 53.9 Å². The molecular formula is C18H24N4O. The molecule has 0 aliphatic carbocycles. The zero-order chi connectivity index (χ0) is 16.1. The average molecular weight is 312 g/mol. The number of carbonyl (C=O) groups is 1. The molecule has 0 N–H and O–H groups in total. The van der Waals surface area contributed by atoms with E-state index in [9.17, 15) is 4.79 Å². The quantitative estimate of drug-likeness (QED) is 0.849. The first-order valence-corrected chi connectivity index (χ1v) is 8.34. The molecule has 1 aliphatic heterocycles. The number of hydrogen-bond acceptors (Lipinski definition) is 3. The summed E-state index contributed by atoms with van der Waals surface area (Å²) in [7, 11) is 0. The maximum atomic E-state index is 12.6. The van der Waals surface area contributed by atoms with Crippen LogP contribution in [0.15, 0.2) is 42.7 Å². The van der Waals surface area contributed by atoms with Gasteiger partial charge >= 0.3 is 0 Å². The van der Waals surface area contributed by atoms with Gasteiger partial charge in [-0.2, -0.15) is 5.10 Å². The molecule has 1 aliphatic rings. The van der Waals surface area contributed by atoms with Crippen LogP contribution < -0.4 is 0 Å². The molecule has 1 fully saturated rings. The Balaban J connectivity index is 1.57. The van der Waals surface area contributed by atoms with Crippen LogP contribution in [0.1, 0.15) is 29.3 Å². The van der Waals surface area contributed by atoms with Crippen LogP contribution in [-0.2, 0) is 6.54 Å². The van der Waals surface area contributed by atoms with Crippen LogP contribution in [0.25, 0.3) is 0 Å². The Bertz CT molecular complexity index is 613. The molecule has 2 heterocycles. The van der Waals surface area contributed by atoms with Gasteiger partial charge in [0.1, 0.15) is 0 Å². The number of aromatic nitrogens is 2. The fourth-order valence-corrected chi connectivity index (χ4v) is 3.01. The minimum absolute atomic E-state index is 0.145. The van der Waals surface area contributed by atoms with Crippen molar-refractivity contribution in [3.8, 4) is 0 Å². The summed E-state index contributed by atoms with van der Waals surface area (Å²) in [6.45, 7) is 7.68. The van der Waals surface area contributed by atoms with E-state index in [1.54, 1.807) is 6.20 Å². The molecule has 1 aromatic carbocycles. The van der Waals surface area contributed by atoms with Crippen LogP contribution in [0.2, 0.25) is 0 Å². The third-order valence-corrected chi connectivity index (χ3v) is 4.30. The number of hydrogen-bond donors (Lipinski definition) is 0. The second-order valence-corrected chi connectivity index (χ2v) is 6.03. The van der Waals surface area contributed by atoms with E-state index in [1.165, 1.54) is 6.42 Å². The molecule has 5 heteroatoms. The van der Waals surface area contributed by atoms with Gasteiger partial charge in [0.05, 0.1) is 6.54 Å². The lowest BCUT2D eigenvalue weighted by atomic mass is 10.1. The van der Waals surface area contributed by atoms with E-state index in [1.807, 2.05) is 46.1 Å². The van der Waals surface area contributed by atoms with Crippen molar-refractivity contribution in [2.24, 2.45) is 0 Å². The minimum Gasteiger partial charge on any atom is -0.336 e. The highest BCUT2D eigenvalue weighted by Crippen LogP contribution is 2.11. The Labute approximate surface area is 137 Å². The lowest BCUT2D eigenvalue weighted by molar-refractivity contribution is 0.0637. The van der Waals surface area contributed by atoms with E-state index in [4.69, 9.17) is 0 Å². The summed E-state index contributed by atoms with van der Waals surface area (Å²) in [5.41, 5.74) is 1.93. The van der Waals surface area contributed by atoms with Gasteiger partial charge in [0, 0.05) is 44.1 Å². The number of rotatable bonds is 5. The van der Waals surface area contributed by atoms with Crippen LogP contribution in [0.5, 0.6) is 0 Å². The molecule has 0 spiro atoms. The highest BCUT2D eigenvalue weighted by Gasteiger charge is 2.21. The molecule has 0 bridgehead atoms. The standard InChI is InChI=1S/C18H24N4O/c1-2-9-20-11-13-21(14-12-20)18(23)17-6-4-16(5-7-17)15-22-10-3-8-19-22/h3-8,10H,2,9,11-15H2,1H3. The Morgan fingerprint density at radius 1 is 1.13 bits per heavy atom. The number of amides is 1. The summed E-state index contributed by atoms with van der Waals surface area (Å²) in [6.07, 6.45) is 4.89. The summed E-state index contributed by atoms with van der Waals surface area (Å²) in [4.78, 5) is 17.0. The second-order valence-electron chi connectivity index (χ2n) is 6.03. The van der Waals surface area contributed by atoms with E-state index < -0.39 is 0 Å². The Kier molecular flexibility index (Phi) is 5.08. The van der Waals surface area contributed by atoms with Crippen LogP contribution in [0, 0.1) is 0 Å². The first-order valence-electron chi connectivity index (χ1n) is 8.34. The van der Waals surface area contributed by atoms with Gasteiger partial charge in [-0.1, -0.05) is 19.1 Å². The number of nitrogens with zero attached hydrogens (tertiary/aromatic N) is 4. The minimum atomic E-state index is 0.145. The van der Waals surface area contributed by atoms with Crippen molar-refractivity contribution < 1.29 is 4.79 Å². The van der Waals surface area contributed by atoms with Crippen molar-refractivity contribution in [1.82, 2.24) is 19.6 Å². The molecule has 5 nitrogen and oxygen atoms in total. The topological polar surface area (TPSA) is 41.4 Å². The molecule has 0 radical (unpaired) electrons. The summed E-state index contributed by atoms with van der Waals surface area (Å²) in [5, 5.41) is 4.20. The molecule has 1 saturated heterocycles. The van der Waals surface area contributed by atoms with Gasteiger partial charge in [-0.15, -0.1) is 0 Å². The normalized spacial score (nSPS) is 15.8. The number of benzene rings is 1. The predicted molar refractivity (Wildman–Crippen MR) is 90.4 cm³/mol. The lowest BCUT2D eigenvalue weighted by Gasteiger charge is -2.34. The maximum Gasteiger partial charge on any atom is 0.253 e. The first-order chi connectivity index (χ1) is 11.3. The third-order valence-electron chi connectivity index (χ3n) is 4.30. The van der Waals surface area contributed by atoms with Crippen molar-refractivity contribution in [2.75, 3.05) is 32.7 Å². The van der Waals surface area contributed by atoms with Gasteiger partial charge in [0.15, 0.2) is 0 Å². The molecule has 1 aromatic heterocycles. The second kappa shape index (κ2) is 7.42. The fraction of sp³-hybridized carbons (Fsp3) is 0.444. The van der Waals surface area contributed by atoms with Crippen LogP contribution in [0.4, 0.5) is 0 Å². The summed E-state index contributed by atoms with van der Waals surface area (Å²) >= 11 is 0. The first kappa shape index (κ1) is 15.7. The monoisotopic (exact) mass is 312 g/mol. The van der Waals surface area contributed by atoms with Crippen molar-refractivity contribution >= 4 is 5.91 Å². The van der Waals surface area contributed by atoms with Gasteiger partial charge in [-0.25, -0.2) is 0 Å². The molecule has 1 amide bonds. The number of carbonyl (C=O) groups excluding carboxylic acids is 1. The van der Waals surface area contributed by atoms with Crippen LogP contribution in [0.3, 0.4) is 0 Å². The van der Waals surface area contributed by atoms with Gasteiger partial charge < -0.3 is 4.90 Å². The third kappa shape index (κ3) is 3.99. The van der Waals surface area contributed by atoms with Gasteiger partial charge in [0.25, 0.3) is 5.91 Å². The molecule has 2 aromatic rings. The van der Waals surface area contributed by atoms with Gasteiger partial charge in [-0.3, -0.25) is 14.4 Å². The van der Waals surface area contributed by atoms with E-state index in [0.29, 0.717) is 0 Å². The van der Waals surface area contributed by atoms with Gasteiger partial charge in [-0.05, 0) is 36.7 Å². The largest absolute Gasteiger partial charge is 0.336 e. The molecule has 0 saturated carbocycles. The Hall–Kier alpha value is -2.14. The van der Waals surface area contributed by atoms with Crippen molar-refractivity contribution in [2.45, 2.75) is 19.9 Å². The van der Waals surface area contributed by atoms with E-state index >= 15 is 0 Å². The van der Waals surface area contributed by atoms with E-state index in [0.717, 1.165) is 50.4 Å². The van der Waals surface area contributed by atoms with Crippen LogP contribution in [-0.4, -0.2) is 58.2 Å². The SMILES string of the molecule is CCCN1CCN(C(=O)c2ccc(Cn3cccn3)cc2)CC1. The highest BCUT2D eigenvalue weighted by molar-refractivity contribution is 5.94. The fourth-order valence-electron chi connectivity index (χ4n) is 3.01. The summed E-state index contributed by atoms with van der Waals surface area (Å²) in [5.74, 6) is 0.145. The van der Waals surface area contributed by atoms with E-state index in [2.05, 4.69) is 16.9 Å². The lowest BCUT2D eigenvalue weighted by Crippen LogP contribution is -2.48. The van der Waals surface area contributed by atoms with Gasteiger partial charge in [0.2, 0.25) is 0 Å². The molecule has 3 rings (SSSR count). The summed E-state index contributed by atoms with van der Waals surface area (Å²) in [6, 6.07) is 9.81. The van der Waals surface area contributed by atoms with E-state index in [-0.39, 0.29) is 5.91 Å². The maximum absolute atomic E-state index is 12.6. The molecule has 0 atom stereocenters.